The second-order valence-electron chi connectivity index (χ2n) is 5.12. The molecule has 0 saturated heterocycles. The van der Waals surface area contributed by atoms with Crippen LogP contribution >= 0.6 is 24.0 Å². The maximum Gasteiger partial charge on any atom is 0.0325 e. The molecule has 1 aromatic rings. The minimum Gasteiger partial charge on any atom is -0.301 e. The van der Waals surface area contributed by atoms with Crippen LogP contribution in [0.1, 0.15) is 30.6 Å². The largest absolute Gasteiger partial charge is 0.301 e. The Balaban J connectivity index is 1.88. The summed E-state index contributed by atoms with van der Waals surface area (Å²) in [6, 6.07) is 4.36. The van der Waals surface area contributed by atoms with Crippen molar-refractivity contribution in [3.63, 3.8) is 0 Å². The summed E-state index contributed by atoms with van der Waals surface area (Å²) in [6.45, 7) is 2.29. The van der Waals surface area contributed by atoms with Crippen LogP contribution in [0.2, 0.25) is 0 Å². The lowest BCUT2D eigenvalue weighted by Gasteiger charge is -2.32. The van der Waals surface area contributed by atoms with Crippen molar-refractivity contribution < 1.29 is 0 Å². The van der Waals surface area contributed by atoms with E-state index in [-0.39, 0.29) is 0 Å². The monoisotopic (exact) mass is 255 g/mol. The van der Waals surface area contributed by atoms with Crippen molar-refractivity contribution >= 4 is 24.0 Å². The van der Waals surface area contributed by atoms with E-state index in [0.717, 1.165) is 12.3 Å². The normalized spacial score (nSPS) is 19.4. The summed E-state index contributed by atoms with van der Waals surface area (Å²) in [4.78, 5) is 3.93. The first-order chi connectivity index (χ1) is 7.74. The van der Waals surface area contributed by atoms with Gasteiger partial charge in [-0.1, -0.05) is 18.9 Å². The summed E-state index contributed by atoms with van der Waals surface area (Å²) >= 11 is 6.42. The molecule has 16 heavy (non-hydrogen) atoms. The molecule has 1 saturated carbocycles. The van der Waals surface area contributed by atoms with Crippen LogP contribution in [0.4, 0.5) is 0 Å². The van der Waals surface area contributed by atoms with Crippen LogP contribution in [0, 0.1) is 5.41 Å². The third-order valence-corrected chi connectivity index (χ3v) is 5.14. The smallest absolute Gasteiger partial charge is 0.0325 e. The Morgan fingerprint density at radius 2 is 2.19 bits per heavy atom. The van der Waals surface area contributed by atoms with E-state index < -0.39 is 0 Å². The first kappa shape index (κ1) is 12.5. The van der Waals surface area contributed by atoms with Gasteiger partial charge in [0.25, 0.3) is 0 Å². The van der Waals surface area contributed by atoms with Crippen LogP contribution in [0.3, 0.4) is 0 Å². The molecule has 0 atom stereocenters. The van der Waals surface area contributed by atoms with E-state index in [1.807, 2.05) is 11.3 Å². The Morgan fingerprint density at radius 1 is 1.44 bits per heavy atom. The van der Waals surface area contributed by atoms with Crippen molar-refractivity contribution in [2.45, 2.75) is 32.2 Å². The third-order valence-electron chi connectivity index (χ3n) is 3.61. The molecule has 1 aliphatic carbocycles. The highest BCUT2D eigenvalue weighted by molar-refractivity contribution is 7.80. The minimum absolute atomic E-state index is 0.495. The van der Waals surface area contributed by atoms with Gasteiger partial charge in [0.2, 0.25) is 0 Å². The van der Waals surface area contributed by atoms with Gasteiger partial charge < -0.3 is 4.90 Å². The van der Waals surface area contributed by atoms with Gasteiger partial charge in [0.05, 0.1) is 0 Å². The molecule has 1 nitrogen and oxygen atoms in total. The highest BCUT2D eigenvalue weighted by Gasteiger charge is 2.33. The fourth-order valence-corrected chi connectivity index (χ4v) is 3.99. The van der Waals surface area contributed by atoms with Crippen molar-refractivity contribution in [1.82, 2.24) is 4.90 Å². The maximum absolute atomic E-state index is 4.57. The zero-order valence-electron chi connectivity index (χ0n) is 9.98. The Bertz CT molecular complexity index is 302. The van der Waals surface area contributed by atoms with Crippen LogP contribution in [0.5, 0.6) is 0 Å². The summed E-state index contributed by atoms with van der Waals surface area (Å²) in [5.74, 6) is 1.04. The quantitative estimate of drug-likeness (QED) is 0.786. The van der Waals surface area contributed by atoms with Gasteiger partial charge in [0.1, 0.15) is 0 Å². The first-order valence-electron chi connectivity index (χ1n) is 6.06. The molecule has 90 valence electrons. The van der Waals surface area contributed by atoms with Gasteiger partial charge in [-0.15, -0.1) is 11.3 Å². The Kier molecular flexibility index (Phi) is 4.34. The zero-order chi connectivity index (χ0) is 11.4. The van der Waals surface area contributed by atoms with Crippen molar-refractivity contribution in [2.24, 2.45) is 5.41 Å². The van der Waals surface area contributed by atoms with Crippen molar-refractivity contribution in [2.75, 3.05) is 19.3 Å². The highest BCUT2D eigenvalue weighted by Crippen LogP contribution is 2.39. The fraction of sp³-hybridized carbons (Fsp3) is 0.692. The molecule has 1 fully saturated rings. The van der Waals surface area contributed by atoms with Gasteiger partial charge in [-0.3, -0.25) is 0 Å². The zero-order valence-corrected chi connectivity index (χ0v) is 11.7. The lowest BCUT2D eigenvalue weighted by molar-refractivity contribution is 0.197. The lowest BCUT2D eigenvalue weighted by Crippen LogP contribution is -2.34. The van der Waals surface area contributed by atoms with Crippen LogP contribution in [0.25, 0.3) is 0 Å². The molecule has 0 spiro atoms. The average Bonchev–Trinajstić information content (AvgIpc) is 2.90. The molecule has 0 unspecified atom stereocenters. The van der Waals surface area contributed by atoms with Crippen molar-refractivity contribution in [3.8, 4) is 0 Å². The molecule has 3 heteroatoms. The van der Waals surface area contributed by atoms with Gasteiger partial charge in [-0.2, -0.15) is 12.6 Å². The summed E-state index contributed by atoms with van der Waals surface area (Å²) in [5, 5.41) is 2.16. The third kappa shape index (κ3) is 3.02. The summed E-state index contributed by atoms with van der Waals surface area (Å²) in [7, 11) is 2.24. The standard InChI is InChI=1S/C13H21NS2/c1-14(9-12-5-4-8-16-12)10-13(11-15)6-2-3-7-13/h4-5,8,15H,2-3,6-7,9-11H2,1H3. The first-order valence-corrected chi connectivity index (χ1v) is 7.57. The van der Waals surface area contributed by atoms with E-state index in [4.69, 9.17) is 0 Å². The van der Waals surface area contributed by atoms with Gasteiger partial charge in [-0.05, 0) is 42.5 Å². The summed E-state index contributed by atoms with van der Waals surface area (Å²) in [6.07, 6.45) is 5.53. The lowest BCUT2D eigenvalue weighted by atomic mass is 9.88. The molecule has 0 N–H and O–H groups in total. The van der Waals surface area contributed by atoms with Crippen molar-refractivity contribution in [1.29, 1.82) is 0 Å². The van der Waals surface area contributed by atoms with Crippen LogP contribution < -0.4 is 0 Å². The van der Waals surface area contributed by atoms with Gasteiger partial charge in [0.15, 0.2) is 0 Å². The number of thiophene rings is 1. The molecule has 2 rings (SSSR count). The second kappa shape index (κ2) is 5.56. The predicted molar refractivity (Wildman–Crippen MR) is 75.4 cm³/mol. The Morgan fingerprint density at radius 3 is 2.75 bits per heavy atom. The van der Waals surface area contributed by atoms with E-state index in [2.05, 4.69) is 42.1 Å². The number of rotatable bonds is 5. The van der Waals surface area contributed by atoms with Crippen molar-refractivity contribution in [3.05, 3.63) is 22.4 Å². The number of hydrogen-bond acceptors (Lipinski definition) is 3. The predicted octanol–water partition coefficient (Wildman–Crippen LogP) is 3.67. The molecule has 1 heterocycles. The van der Waals surface area contributed by atoms with Crippen LogP contribution in [-0.2, 0) is 6.54 Å². The van der Waals surface area contributed by atoms with Crippen LogP contribution in [0.15, 0.2) is 17.5 Å². The molecular weight excluding hydrogens is 234 g/mol. The van der Waals surface area contributed by atoms with E-state index in [9.17, 15) is 0 Å². The maximum atomic E-state index is 4.57. The number of hydrogen-bond donors (Lipinski definition) is 1. The molecule has 0 amide bonds. The van der Waals surface area contributed by atoms with E-state index in [0.29, 0.717) is 5.41 Å². The second-order valence-corrected chi connectivity index (χ2v) is 6.47. The average molecular weight is 255 g/mol. The van der Waals surface area contributed by atoms with E-state index in [1.165, 1.54) is 37.1 Å². The molecule has 1 aliphatic rings. The Labute approximate surface area is 108 Å². The van der Waals surface area contributed by atoms with Gasteiger partial charge in [0, 0.05) is 18.0 Å². The number of thiol groups is 1. The topological polar surface area (TPSA) is 3.24 Å². The fourth-order valence-electron chi connectivity index (χ4n) is 2.79. The summed E-state index contributed by atoms with van der Waals surface area (Å²) in [5.41, 5.74) is 0.495. The molecule has 0 radical (unpaired) electrons. The summed E-state index contributed by atoms with van der Waals surface area (Å²) < 4.78 is 0. The molecule has 0 aliphatic heterocycles. The van der Waals surface area contributed by atoms with Crippen LogP contribution in [-0.4, -0.2) is 24.2 Å². The van der Waals surface area contributed by atoms with Gasteiger partial charge in [-0.25, -0.2) is 0 Å². The SMILES string of the molecule is CN(Cc1cccs1)CC1(CS)CCCC1. The number of nitrogens with zero attached hydrogens (tertiary/aromatic N) is 1. The molecule has 0 aromatic carbocycles. The minimum atomic E-state index is 0.495. The van der Waals surface area contributed by atoms with Gasteiger partial charge >= 0.3 is 0 Å². The molecular formula is C13H21NS2. The Hall–Kier alpha value is 0.01000. The molecule has 1 aromatic heterocycles. The van der Waals surface area contributed by atoms with E-state index >= 15 is 0 Å². The van der Waals surface area contributed by atoms with E-state index in [1.54, 1.807) is 0 Å². The highest BCUT2D eigenvalue weighted by atomic mass is 32.1. The molecule has 0 bridgehead atoms.